The molecule has 1 atom stereocenters. The molecule has 0 amide bonds. The molecular weight excluding hydrogens is 208 g/mol. The van der Waals surface area contributed by atoms with Gasteiger partial charge in [-0.3, -0.25) is 0 Å². The highest BCUT2D eigenvalue weighted by molar-refractivity contribution is 6.18. The lowest BCUT2D eigenvalue weighted by molar-refractivity contribution is 0.405. The van der Waals surface area contributed by atoms with Crippen LogP contribution in [0.3, 0.4) is 0 Å². The molecule has 15 heavy (non-hydrogen) atoms. The van der Waals surface area contributed by atoms with Crippen molar-refractivity contribution < 1.29 is 4.74 Å². The predicted molar refractivity (Wildman–Crippen MR) is 65.9 cm³/mol. The van der Waals surface area contributed by atoms with Crippen LogP contribution in [0.4, 0.5) is 0 Å². The van der Waals surface area contributed by atoms with Gasteiger partial charge in [-0.25, -0.2) is 0 Å². The third-order valence-corrected chi connectivity index (χ3v) is 3.18. The van der Waals surface area contributed by atoms with Crippen molar-refractivity contribution in [2.45, 2.75) is 26.7 Å². The fraction of sp³-hybridized carbons (Fsp3) is 0.538. The minimum atomic E-state index is 0.544. The average molecular weight is 227 g/mol. The van der Waals surface area contributed by atoms with Crippen molar-refractivity contribution in [3.05, 3.63) is 29.3 Å². The van der Waals surface area contributed by atoms with E-state index in [1.165, 1.54) is 11.1 Å². The zero-order valence-corrected chi connectivity index (χ0v) is 10.5. The smallest absolute Gasteiger partial charge is 0.122 e. The summed E-state index contributed by atoms with van der Waals surface area (Å²) >= 11 is 5.91. The van der Waals surface area contributed by atoms with Crippen molar-refractivity contribution in [2.75, 3.05) is 13.0 Å². The van der Waals surface area contributed by atoms with Crippen LogP contribution in [-0.4, -0.2) is 13.0 Å². The van der Waals surface area contributed by atoms with Gasteiger partial charge in [0, 0.05) is 5.88 Å². The number of benzene rings is 1. The summed E-state index contributed by atoms with van der Waals surface area (Å²) in [6.45, 7) is 4.28. The van der Waals surface area contributed by atoms with Crippen molar-refractivity contribution in [3.8, 4) is 5.75 Å². The summed E-state index contributed by atoms with van der Waals surface area (Å²) in [5.41, 5.74) is 2.54. The summed E-state index contributed by atoms with van der Waals surface area (Å²) in [5, 5.41) is 0. The maximum atomic E-state index is 5.91. The molecule has 0 bridgehead atoms. The van der Waals surface area contributed by atoms with E-state index in [-0.39, 0.29) is 0 Å². The maximum Gasteiger partial charge on any atom is 0.122 e. The van der Waals surface area contributed by atoms with Crippen molar-refractivity contribution in [1.29, 1.82) is 0 Å². The van der Waals surface area contributed by atoms with Crippen molar-refractivity contribution in [3.63, 3.8) is 0 Å². The van der Waals surface area contributed by atoms with Crippen LogP contribution in [0.25, 0.3) is 0 Å². The summed E-state index contributed by atoms with van der Waals surface area (Å²) in [6.07, 6.45) is 2.12. The Bertz CT molecular complexity index is 305. The fourth-order valence-electron chi connectivity index (χ4n) is 1.69. The normalized spacial score (nSPS) is 12.5. The first-order valence-corrected chi connectivity index (χ1v) is 5.94. The van der Waals surface area contributed by atoms with E-state index in [9.17, 15) is 0 Å². The SMILES string of the molecule is CCC(CCl)Cc1cc(C)ccc1OC. The Morgan fingerprint density at radius 3 is 2.67 bits per heavy atom. The van der Waals surface area contributed by atoms with E-state index in [1.54, 1.807) is 7.11 Å². The molecule has 1 nitrogen and oxygen atoms in total. The minimum Gasteiger partial charge on any atom is -0.496 e. The Kier molecular flexibility index (Phi) is 4.97. The van der Waals surface area contributed by atoms with Gasteiger partial charge < -0.3 is 4.74 Å². The van der Waals surface area contributed by atoms with Gasteiger partial charge in [0.2, 0.25) is 0 Å². The van der Waals surface area contributed by atoms with Gasteiger partial charge in [-0.15, -0.1) is 11.6 Å². The molecule has 0 radical (unpaired) electrons. The standard InChI is InChI=1S/C13H19ClO/c1-4-11(9-14)8-12-7-10(2)5-6-13(12)15-3/h5-7,11H,4,8-9H2,1-3H3. The molecule has 0 aliphatic rings. The number of methoxy groups -OCH3 is 1. The first kappa shape index (κ1) is 12.4. The Morgan fingerprint density at radius 1 is 1.40 bits per heavy atom. The van der Waals surface area contributed by atoms with Crippen LogP contribution in [-0.2, 0) is 6.42 Å². The van der Waals surface area contributed by atoms with Gasteiger partial charge in [0.25, 0.3) is 0 Å². The van der Waals surface area contributed by atoms with Crippen molar-refractivity contribution >= 4 is 11.6 Å². The van der Waals surface area contributed by atoms with Gasteiger partial charge in [0.1, 0.15) is 5.75 Å². The Balaban J connectivity index is 2.86. The summed E-state index contributed by atoms with van der Waals surface area (Å²) < 4.78 is 5.35. The topological polar surface area (TPSA) is 9.23 Å². The van der Waals surface area contributed by atoms with Gasteiger partial charge >= 0.3 is 0 Å². The van der Waals surface area contributed by atoms with Crippen LogP contribution in [0.2, 0.25) is 0 Å². The Hall–Kier alpha value is -0.690. The predicted octanol–water partition coefficient (Wildman–Crippen LogP) is 3.81. The highest BCUT2D eigenvalue weighted by atomic mass is 35.5. The average Bonchev–Trinajstić information content (AvgIpc) is 2.26. The molecular formula is C13H19ClO. The van der Waals surface area contributed by atoms with Crippen LogP contribution in [0.5, 0.6) is 5.75 Å². The number of hydrogen-bond acceptors (Lipinski definition) is 1. The third kappa shape index (κ3) is 3.42. The first-order chi connectivity index (χ1) is 7.21. The summed E-state index contributed by atoms with van der Waals surface area (Å²) in [5.74, 6) is 2.24. The van der Waals surface area contributed by atoms with Gasteiger partial charge in [-0.1, -0.05) is 31.0 Å². The van der Waals surface area contributed by atoms with Crippen molar-refractivity contribution in [1.82, 2.24) is 0 Å². The molecule has 0 N–H and O–H groups in total. The molecule has 1 aromatic rings. The number of ether oxygens (including phenoxy) is 1. The quantitative estimate of drug-likeness (QED) is 0.694. The monoisotopic (exact) mass is 226 g/mol. The largest absolute Gasteiger partial charge is 0.496 e. The minimum absolute atomic E-state index is 0.544. The Morgan fingerprint density at radius 2 is 2.13 bits per heavy atom. The molecule has 1 unspecified atom stereocenters. The summed E-state index contributed by atoms with van der Waals surface area (Å²) in [7, 11) is 1.72. The van der Waals surface area contributed by atoms with E-state index in [1.807, 2.05) is 6.07 Å². The van der Waals surface area contributed by atoms with E-state index in [4.69, 9.17) is 16.3 Å². The fourth-order valence-corrected chi connectivity index (χ4v) is 2.01. The molecule has 2 heteroatoms. The van der Waals surface area contributed by atoms with Gasteiger partial charge in [0.05, 0.1) is 7.11 Å². The highest BCUT2D eigenvalue weighted by Crippen LogP contribution is 2.24. The number of hydrogen-bond donors (Lipinski definition) is 0. The molecule has 0 aliphatic carbocycles. The lowest BCUT2D eigenvalue weighted by atomic mass is 9.97. The number of rotatable bonds is 5. The Labute approximate surface area is 97.4 Å². The summed E-state index contributed by atoms with van der Waals surface area (Å²) in [6, 6.07) is 6.30. The molecule has 0 saturated carbocycles. The lowest BCUT2D eigenvalue weighted by Gasteiger charge is -2.14. The molecule has 84 valence electrons. The van der Waals surface area contributed by atoms with E-state index >= 15 is 0 Å². The first-order valence-electron chi connectivity index (χ1n) is 5.40. The van der Waals surface area contributed by atoms with Gasteiger partial charge in [-0.05, 0) is 30.9 Å². The van der Waals surface area contributed by atoms with E-state index < -0.39 is 0 Å². The molecule has 0 aromatic heterocycles. The molecule has 1 rings (SSSR count). The third-order valence-electron chi connectivity index (χ3n) is 2.74. The molecule has 0 aliphatic heterocycles. The van der Waals surface area contributed by atoms with E-state index in [0.717, 1.165) is 18.6 Å². The molecule has 0 saturated heterocycles. The van der Waals surface area contributed by atoms with Crippen LogP contribution in [0.1, 0.15) is 24.5 Å². The number of alkyl halides is 1. The molecule has 1 aromatic carbocycles. The van der Waals surface area contributed by atoms with Crippen LogP contribution in [0.15, 0.2) is 18.2 Å². The van der Waals surface area contributed by atoms with E-state index in [0.29, 0.717) is 11.8 Å². The van der Waals surface area contributed by atoms with Crippen molar-refractivity contribution in [2.24, 2.45) is 5.92 Å². The van der Waals surface area contributed by atoms with Gasteiger partial charge in [-0.2, -0.15) is 0 Å². The molecule has 0 spiro atoms. The number of halogens is 1. The van der Waals surface area contributed by atoms with E-state index in [2.05, 4.69) is 26.0 Å². The van der Waals surface area contributed by atoms with Crippen LogP contribution < -0.4 is 4.74 Å². The summed E-state index contributed by atoms with van der Waals surface area (Å²) in [4.78, 5) is 0. The zero-order valence-electron chi connectivity index (χ0n) is 9.72. The second-order valence-electron chi connectivity index (χ2n) is 3.95. The highest BCUT2D eigenvalue weighted by Gasteiger charge is 2.10. The van der Waals surface area contributed by atoms with Gasteiger partial charge in [0.15, 0.2) is 0 Å². The lowest BCUT2D eigenvalue weighted by Crippen LogP contribution is -2.06. The molecule has 0 heterocycles. The van der Waals surface area contributed by atoms with Crippen LogP contribution in [0, 0.1) is 12.8 Å². The number of aryl methyl sites for hydroxylation is 1. The second-order valence-corrected chi connectivity index (χ2v) is 4.26. The van der Waals surface area contributed by atoms with Crippen LogP contribution >= 0.6 is 11.6 Å². The molecule has 0 fully saturated rings. The maximum absolute atomic E-state index is 5.91. The zero-order chi connectivity index (χ0) is 11.3. The second kappa shape index (κ2) is 6.02.